The number of aromatic hydroxyl groups is 1. The normalized spacial score (nSPS) is 17.4. The van der Waals surface area contributed by atoms with E-state index in [2.05, 4.69) is 0 Å². The lowest BCUT2D eigenvalue weighted by Crippen LogP contribution is -2.42. The lowest BCUT2D eigenvalue weighted by Gasteiger charge is -2.29. The van der Waals surface area contributed by atoms with Crippen molar-refractivity contribution in [2.24, 2.45) is 0 Å². The largest absolute Gasteiger partial charge is 0.508 e. The van der Waals surface area contributed by atoms with E-state index in [1.54, 1.807) is 31.0 Å². The molecule has 1 amide bonds. The Hall–Kier alpha value is -1.55. The molecule has 0 spiro atoms. The molecule has 104 valence electrons. The summed E-state index contributed by atoms with van der Waals surface area (Å²) in [6.07, 6.45) is 3.58. The van der Waals surface area contributed by atoms with E-state index in [4.69, 9.17) is 0 Å². The van der Waals surface area contributed by atoms with Crippen molar-refractivity contribution in [2.75, 3.05) is 13.6 Å². The minimum Gasteiger partial charge on any atom is -0.508 e. The number of phenolic OH excluding ortho intramolecular Hbond substituents is 1. The van der Waals surface area contributed by atoms with Gasteiger partial charge < -0.3 is 15.1 Å². The highest BCUT2D eigenvalue weighted by atomic mass is 16.3. The second-order valence-electron chi connectivity index (χ2n) is 5.59. The number of likely N-dealkylation sites (N-methyl/N-ethyl adjacent to an activating group) is 1. The van der Waals surface area contributed by atoms with Gasteiger partial charge in [-0.05, 0) is 43.5 Å². The number of nitrogens with zero attached hydrogens (tertiary/aromatic N) is 1. The number of hydrogen-bond acceptors (Lipinski definition) is 3. The summed E-state index contributed by atoms with van der Waals surface area (Å²) < 4.78 is 0. The van der Waals surface area contributed by atoms with E-state index in [-0.39, 0.29) is 11.7 Å². The first-order chi connectivity index (χ1) is 8.91. The quantitative estimate of drug-likeness (QED) is 0.877. The molecule has 0 radical (unpaired) electrons. The summed E-state index contributed by atoms with van der Waals surface area (Å²) in [7, 11) is 1.71. The summed E-state index contributed by atoms with van der Waals surface area (Å²) in [5.41, 5.74) is 0.590. The molecule has 0 bridgehead atoms. The van der Waals surface area contributed by atoms with Crippen molar-refractivity contribution >= 4 is 5.91 Å². The number of phenols is 1. The average molecular weight is 263 g/mol. The molecule has 1 aromatic rings. The van der Waals surface area contributed by atoms with Crippen LogP contribution in [0.5, 0.6) is 5.75 Å². The van der Waals surface area contributed by atoms with Crippen molar-refractivity contribution in [3.63, 3.8) is 0 Å². The van der Waals surface area contributed by atoms with E-state index in [1.165, 1.54) is 6.07 Å². The standard InChI is InChI=1S/C15H21NO3/c1-11-9-12(17)5-6-13(11)14(18)16(2)10-15(19)7-3-4-8-15/h5-6,9,17,19H,3-4,7-8,10H2,1-2H3. The zero-order valence-corrected chi connectivity index (χ0v) is 11.5. The van der Waals surface area contributed by atoms with Crippen LogP contribution in [0.2, 0.25) is 0 Å². The molecule has 4 nitrogen and oxygen atoms in total. The maximum absolute atomic E-state index is 12.3. The maximum Gasteiger partial charge on any atom is 0.253 e. The van der Waals surface area contributed by atoms with E-state index < -0.39 is 5.60 Å². The lowest BCUT2D eigenvalue weighted by molar-refractivity contribution is 0.0156. The van der Waals surface area contributed by atoms with Crippen LogP contribution in [0.1, 0.15) is 41.6 Å². The van der Waals surface area contributed by atoms with Gasteiger partial charge >= 0.3 is 0 Å². The van der Waals surface area contributed by atoms with Crippen LogP contribution in [0, 0.1) is 6.92 Å². The van der Waals surface area contributed by atoms with Gasteiger partial charge in [0.15, 0.2) is 0 Å². The molecule has 1 aliphatic carbocycles. The minimum absolute atomic E-state index is 0.113. The summed E-state index contributed by atoms with van der Waals surface area (Å²) in [6, 6.07) is 4.71. The Kier molecular flexibility index (Phi) is 3.80. The predicted octanol–water partition coefficient (Wildman–Crippen LogP) is 2.08. The molecule has 0 saturated heterocycles. The molecule has 4 heteroatoms. The zero-order valence-electron chi connectivity index (χ0n) is 11.5. The number of benzene rings is 1. The zero-order chi connectivity index (χ0) is 14.0. The van der Waals surface area contributed by atoms with E-state index >= 15 is 0 Å². The molecule has 2 rings (SSSR count). The fourth-order valence-electron chi connectivity index (χ4n) is 2.80. The van der Waals surface area contributed by atoms with Crippen molar-refractivity contribution in [1.82, 2.24) is 4.90 Å². The third-order valence-corrected chi connectivity index (χ3v) is 3.85. The van der Waals surface area contributed by atoms with Crippen LogP contribution >= 0.6 is 0 Å². The number of aryl methyl sites for hydroxylation is 1. The van der Waals surface area contributed by atoms with Gasteiger partial charge in [0.25, 0.3) is 5.91 Å². The fourth-order valence-corrected chi connectivity index (χ4v) is 2.80. The second kappa shape index (κ2) is 5.21. The van der Waals surface area contributed by atoms with Crippen molar-refractivity contribution in [3.8, 4) is 5.75 Å². The Morgan fingerprint density at radius 1 is 1.37 bits per heavy atom. The third-order valence-electron chi connectivity index (χ3n) is 3.85. The highest BCUT2D eigenvalue weighted by Crippen LogP contribution is 2.30. The van der Waals surface area contributed by atoms with Crippen LogP contribution in [0.25, 0.3) is 0 Å². The first kappa shape index (κ1) is 13.9. The Morgan fingerprint density at radius 2 is 2.00 bits per heavy atom. The van der Waals surface area contributed by atoms with E-state index in [0.29, 0.717) is 12.1 Å². The van der Waals surface area contributed by atoms with Crippen LogP contribution in [0.15, 0.2) is 18.2 Å². The van der Waals surface area contributed by atoms with Crippen LogP contribution < -0.4 is 0 Å². The van der Waals surface area contributed by atoms with Crippen molar-refractivity contribution in [3.05, 3.63) is 29.3 Å². The van der Waals surface area contributed by atoms with Crippen molar-refractivity contribution in [1.29, 1.82) is 0 Å². The molecule has 2 N–H and O–H groups in total. The molecule has 0 aromatic heterocycles. The third kappa shape index (κ3) is 3.07. The SMILES string of the molecule is Cc1cc(O)ccc1C(=O)N(C)CC1(O)CCCC1. The summed E-state index contributed by atoms with van der Waals surface area (Å²) in [5, 5.41) is 19.7. The Labute approximate surface area is 113 Å². The van der Waals surface area contributed by atoms with Crippen LogP contribution in [0.4, 0.5) is 0 Å². The number of carbonyl (C=O) groups excluding carboxylic acids is 1. The van der Waals surface area contributed by atoms with Gasteiger partial charge in [0.1, 0.15) is 5.75 Å². The Bertz CT molecular complexity index is 478. The minimum atomic E-state index is -0.727. The fraction of sp³-hybridized carbons (Fsp3) is 0.533. The summed E-state index contributed by atoms with van der Waals surface area (Å²) in [6.45, 7) is 2.16. The molecular formula is C15H21NO3. The topological polar surface area (TPSA) is 60.8 Å². The monoisotopic (exact) mass is 263 g/mol. The van der Waals surface area contributed by atoms with Gasteiger partial charge in [-0.1, -0.05) is 12.8 Å². The van der Waals surface area contributed by atoms with Crippen LogP contribution in [-0.2, 0) is 0 Å². The molecule has 0 unspecified atom stereocenters. The molecule has 1 aliphatic rings. The van der Waals surface area contributed by atoms with Gasteiger partial charge in [-0.25, -0.2) is 0 Å². The Balaban J connectivity index is 2.10. The van der Waals surface area contributed by atoms with E-state index in [9.17, 15) is 15.0 Å². The summed E-state index contributed by atoms with van der Waals surface area (Å²) in [5.74, 6) is 0.0453. The molecule has 1 fully saturated rings. The highest BCUT2D eigenvalue weighted by Gasteiger charge is 2.33. The van der Waals surface area contributed by atoms with Gasteiger partial charge in [0.2, 0.25) is 0 Å². The van der Waals surface area contributed by atoms with Gasteiger partial charge in [-0.15, -0.1) is 0 Å². The first-order valence-electron chi connectivity index (χ1n) is 6.69. The number of carbonyl (C=O) groups is 1. The van der Waals surface area contributed by atoms with Crippen molar-refractivity contribution < 1.29 is 15.0 Å². The smallest absolute Gasteiger partial charge is 0.253 e. The average Bonchev–Trinajstić information content (AvgIpc) is 2.75. The maximum atomic E-state index is 12.3. The molecule has 0 atom stereocenters. The van der Waals surface area contributed by atoms with Crippen LogP contribution in [0.3, 0.4) is 0 Å². The molecule has 0 heterocycles. The Morgan fingerprint density at radius 3 is 2.58 bits per heavy atom. The van der Waals surface area contributed by atoms with Gasteiger partial charge in [-0.3, -0.25) is 4.79 Å². The number of rotatable bonds is 3. The molecular weight excluding hydrogens is 242 g/mol. The van der Waals surface area contributed by atoms with E-state index in [0.717, 1.165) is 31.2 Å². The number of amides is 1. The van der Waals surface area contributed by atoms with Gasteiger partial charge in [0, 0.05) is 19.2 Å². The number of hydrogen-bond donors (Lipinski definition) is 2. The highest BCUT2D eigenvalue weighted by molar-refractivity contribution is 5.95. The lowest BCUT2D eigenvalue weighted by atomic mass is 10.0. The van der Waals surface area contributed by atoms with Crippen LogP contribution in [-0.4, -0.2) is 40.2 Å². The number of aliphatic hydroxyl groups is 1. The summed E-state index contributed by atoms with van der Waals surface area (Å²) >= 11 is 0. The predicted molar refractivity (Wildman–Crippen MR) is 73.2 cm³/mol. The first-order valence-corrected chi connectivity index (χ1v) is 6.69. The molecule has 0 aliphatic heterocycles. The van der Waals surface area contributed by atoms with Gasteiger partial charge in [-0.2, -0.15) is 0 Å². The van der Waals surface area contributed by atoms with Crippen molar-refractivity contribution in [2.45, 2.75) is 38.2 Å². The summed E-state index contributed by atoms with van der Waals surface area (Å²) in [4.78, 5) is 13.9. The van der Waals surface area contributed by atoms with E-state index in [1.807, 2.05) is 0 Å². The molecule has 19 heavy (non-hydrogen) atoms. The van der Waals surface area contributed by atoms with Gasteiger partial charge in [0.05, 0.1) is 5.60 Å². The molecule has 1 aromatic carbocycles. The second-order valence-corrected chi connectivity index (χ2v) is 5.59. The molecule has 1 saturated carbocycles.